The van der Waals surface area contributed by atoms with Gasteiger partial charge in [0.15, 0.2) is 0 Å². The summed E-state index contributed by atoms with van der Waals surface area (Å²) in [6.07, 6.45) is 1.10. The molecule has 0 fully saturated rings. The van der Waals surface area contributed by atoms with E-state index >= 15 is 0 Å². The van der Waals surface area contributed by atoms with Gasteiger partial charge in [0.1, 0.15) is 3.70 Å². The summed E-state index contributed by atoms with van der Waals surface area (Å²) < 4.78 is 3.00. The van der Waals surface area contributed by atoms with Crippen LogP contribution in [0.25, 0.3) is 0 Å². The predicted molar refractivity (Wildman–Crippen MR) is 53.1 cm³/mol. The van der Waals surface area contributed by atoms with Crippen LogP contribution in [0, 0.1) is 3.70 Å². The van der Waals surface area contributed by atoms with Gasteiger partial charge in [-0.25, -0.2) is 0 Å². The first-order valence-corrected chi connectivity index (χ1v) is 4.78. The second-order valence-corrected chi connectivity index (χ2v) is 3.49. The third-order valence-electron chi connectivity index (χ3n) is 1.48. The summed E-state index contributed by atoms with van der Waals surface area (Å²) in [5.74, 6) is 0. The molecule has 0 aliphatic rings. The Labute approximate surface area is 80.1 Å². The van der Waals surface area contributed by atoms with E-state index in [4.69, 9.17) is 5.73 Å². The van der Waals surface area contributed by atoms with Crippen LogP contribution in [0.3, 0.4) is 0 Å². The van der Waals surface area contributed by atoms with Gasteiger partial charge in [0.25, 0.3) is 0 Å². The van der Waals surface area contributed by atoms with Gasteiger partial charge in [0.05, 0.1) is 5.69 Å². The number of nitrogens with zero attached hydrogens (tertiary/aromatic N) is 2. The van der Waals surface area contributed by atoms with Crippen LogP contribution in [-0.4, -0.2) is 9.78 Å². The van der Waals surface area contributed by atoms with Crippen LogP contribution in [0.2, 0.25) is 0 Å². The molecule has 0 spiro atoms. The molecule has 4 heteroatoms. The molecular weight excluding hydrogens is 253 g/mol. The Morgan fingerprint density at radius 1 is 1.73 bits per heavy atom. The maximum Gasteiger partial charge on any atom is 0.123 e. The molecule has 1 heterocycles. The number of nitrogens with two attached hydrogens (primary N) is 1. The summed E-state index contributed by atoms with van der Waals surface area (Å²) in [4.78, 5) is 0. The number of rotatable bonds is 3. The Bertz CT molecular complexity index is 232. The zero-order chi connectivity index (χ0) is 8.27. The summed E-state index contributed by atoms with van der Waals surface area (Å²) in [5.41, 5.74) is 6.65. The average molecular weight is 265 g/mol. The van der Waals surface area contributed by atoms with Crippen LogP contribution in [0.4, 0.5) is 0 Å². The quantitative estimate of drug-likeness (QED) is 0.838. The molecule has 0 amide bonds. The molecule has 0 saturated carbocycles. The first kappa shape index (κ1) is 8.99. The SMILES string of the molecule is CCCn1nc(I)cc1CN. The van der Waals surface area contributed by atoms with Crippen molar-refractivity contribution in [3.63, 3.8) is 0 Å². The Morgan fingerprint density at radius 2 is 2.45 bits per heavy atom. The molecule has 0 aliphatic carbocycles. The van der Waals surface area contributed by atoms with Crippen LogP contribution >= 0.6 is 22.6 Å². The first-order valence-electron chi connectivity index (χ1n) is 3.70. The Morgan fingerprint density at radius 3 is 3.00 bits per heavy atom. The number of halogens is 1. The highest BCUT2D eigenvalue weighted by atomic mass is 127. The minimum absolute atomic E-state index is 0.579. The maximum absolute atomic E-state index is 5.53. The van der Waals surface area contributed by atoms with E-state index in [1.807, 2.05) is 10.7 Å². The molecule has 62 valence electrons. The fourth-order valence-corrected chi connectivity index (χ4v) is 1.61. The third kappa shape index (κ3) is 2.16. The molecule has 11 heavy (non-hydrogen) atoms. The van der Waals surface area contributed by atoms with Crippen molar-refractivity contribution in [1.29, 1.82) is 0 Å². The smallest absolute Gasteiger partial charge is 0.123 e. The predicted octanol–water partition coefficient (Wildman–Crippen LogP) is 1.36. The van der Waals surface area contributed by atoms with E-state index in [1.165, 1.54) is 0 Å². The molecule has 0 bridgehead atoms. The van der Waals surface area contributed by atoms with Gasteiger partial charge in [-0.3, -0.25) is 4.68 Å². The number of hydrogen-bond donors (Lipinski definition) is 1. The van der Waals surface area contributed by atoms with Crippen LogP contribution in [0.5, 0.6) is 0 Å². The molecule has 1 aromatic heterocycles. The zero-order valence-electron chi connectivity index (χ0n) is 6.55. The van der Waals surface area contributed by atoms with Crippen LogP contribution in [0.1, 0.15) is 19.0 Å². The van der Waals surface area contributed by atoms with Gasteiger partial charge in [-0.1, -0.05) is 6.92 Å². The monoisotopic (exact) mass is 265 g/mol. The lowest BCUT2D eigenvalue weighted by molar-refractivity contribution is 0.572. The van der Waals surface area contributed by atoms with Gasteiger partial charge in [0, 0.05) is 13.1 Å². The molecular formula is C7H12IN3. The van der Waals surface area contributed by atoms with Crippen molar-refractivity contribution in [1.82, 2.24) is 9.78 Å². The van der Waals surface area contributed by atoms with E-state index in [0.29, 0.717) is 6.54 Å². The topological polar surface area (TPSA) is 43.8 Å². The fourth-order valence-electron chi connectivity index (χ4n) is 0.990. The second-order valence-electron chi connectivity index (χ2n) is 2.39. The van der Waals surface area contributed by atoms with Crippen molar-refractivity contribution in [2.24, 2.45) is 5.73 Å². The molecule has 0 aliphatic heterocycles. The Balaban J connectivity index is 2.83. The first-order chi connectivity index (χ1) is 5.27. The standard InChI is InChI=1S/C7H12IN3/c1-2-3-11-6(5-9)4-7(8)10-11/h4H,2-3,5,9H2,1H3. The van der Waals surface area contributed by atoms with E-state index in [1.54, 1.807) is 0 Å². The van der Waals surface area contributed by atoms with Crippen LogP contribution < -0.4 is 5.73 Å². The molecule has 0 unspecified atom stereocenters. The zero-order valence-corrected chi connectivity index (χ0v) is 8.71. The molecule has 1 rings (SSSR count). The van der Waals surface area contributed by atoms with Gasteiger partial charge in [0.2, 0.25) is 0 Å². The lowest BCUT2D eigenvalue weighted by atomic mass is 10.4. The molecule has 0 radical (unpaired) electrons. The lowest BCUT2D eigenvalue weighted by Crippen LogP contribution is -2.08. The maximum atomic E-state index is 5.53. The molecule has 3 nitrogen and oxygen atoms in total. The summed E-state index contributed by atoms with van der Waals surface area (Å²) in [6.45, 7) is 3.68. The van der Waals surface area contributed by atoms with E-state index in [0.717, 1.165) is 22.4 Å². The molecule has 0 atom stereocenters. The summed E-state index contributed by atoms with van der Waals surface area (Å²) in [7, 11) is 0. The van der Waals surface area contributed by atoms with Crippen molar-refractivity contribution < 1.29 is 0 Å². The summed E-state index contributed by atoms with van der Waals surface area (Å²) in [6, 6.07) is 2.02. The van der Waals surface area contributed by atoms with E-state index < -0.39 is 0 Å². The van der Waals surface area contributed by atoms with Crippen molar-refractivity contribution in [2.75, 3.05) is 0 Å². The highest BCUT2D eigenvalue weighted by Crippen LogP contribution is 2.06. The van der Waals surface area contributed by atoms with Gasteiger partial charge < -0.3 is 5.73 Å². The molecule has 1 aromatic rings. The van der Waals surface area contributed by atoms with E-state index in [-0.39, 0.29) is 0 Å². The summed E-state index contributed by atoms with van der Waals surface area (Å²) >= 11 is 2.20. The van der Waals surface area contributed by atoms with Gasteiger partial charge >= 0.3 is 0 Å². The van der Waals surface area contributed by atoms with Crippen molar-refractivity contribution in [2.45, 2.75) is 26.4 Å². The average Bonchev–Trinajstić information content (AvgIpc) is 2.32. The molecule has 0 aromatic carbocycles. The molecule has 2 N–H and O–H groups in total. The minimum atomic E-state index is 0.579. The fraction of sp³-hybridized carbons (Fsp3) is 0.571. The van der Waals surface area contributed by atoms with Gasteiger partial charge in [-0.05, 0) is 35.1 Å². The lowest BCUT2D eigenvalue weighted by Gasteiger charge is -2.01. The third-order valence-corrected chi connectivity index (χ3v) is 2.01. The Hall–Kier alpha value is -0.100. The minimum Gasteiger partial charge on any atom is -0.325 e. The number of aryl methyl sites for hydroxylation is 1. The van der Waals surface area contributed by atoms with Crippen LogP contribution in [0.15, 0.2) is 6.07 Å². The largest absolute Gasteiger partial charge is 0.325 e. The van der Waals surface area contributed by atoms with Crippen molar-refractivity contribution in [3.8, 4) is 0 Å². The van der Waals surface area contributed by atoms with E-state index in [2.05, 4.69) is 34.6 Å². The number of hydrogen-bond acceptors (Lipinski definition) is 2. The van der Waals surface area contributed by atoms with Crippen molar-refractivity contribution in [3.05, 3.63) is 15.5 Å². The Kier molecular flexibility index (Phi) is 3.32. The highest BCUT2D eigenvalue weighted by molar-refractivity contribution is 14.1. The van der Waals surface area contributed by atoms with Gasteiger partial charge in [-0.15, -0.1) is 0 Å². The molecule has 0 saturated heterocycles. The van der Waals surface area contributed by atoms with Crippen molar-refractivity contribution >= 4 is 22.6 Å². The summed E-state index contributed by atoms with van der Waals surface area (Å²) in [5, 5.41) is 4.29. The van der Waals surface area contributed by atoms with Crippen LogP contribution in [-0.2, 0) is 13.1 Å². The normalized spacial score (nSPS) is 10.5. The number of aromatic nitrogens is 2. The van der Waals surface area contributed by atoms with E-state index in [9.17, 15) is 0 Å². The van der Waals surface area contributed by atoms with Gasteiger partial charge in [-0.2, -0.15) is 5.10 Å². The second kappa shape index (κ2) is 4.06. The highest BCUT2D eigenvalue weighted by Gasteiger charge is 2.01.